The predicted molar refractivity (Wildman–Crippen MR) is 139 cm³/mol. The number of aromatic nitrogens is 2. The van der Waals surface area contributed by atoms with Crippen LogP contribution in [-0.2, 0) is 15.1 Å². The van der Waals surface area contributed by atoms with Crippen molar-refractivity contribution in [3.63, 3.8) is 0 Å². The van der Waals surface area contributed by atoms with Gasteiger partial charge < -0.3 is 15.0 Å². The number of likely N-dealkylation sites (tertiary alicyclic amines) is 1. The zero-order chi connectivity index (χ0) is 26.1. The van der Waals surface area contributed by atoms with Crippen LogP contribution in [0.2, 0.25) is 0 Å². The Morgan fingerprint density at radius 2 is 1.72 bits per heavy atom. The molecule has 2 aromatic carbocycles. The van der Waals surface area contributed by atoms with Crippen molar-refractivity contribution in [3.05, 3.63) is 59.9 Å². The van der Waals surface area contributed by atoms with Crippen molar-refractivity contribution in [1.82, 2.24) is 14.7 Å². The summed E-state index contributed by atoms with van der Waals surface area (Å²) in [7, 11) is 0. The van der Waals surface area contributed by atoms with E-state index in [1.807, 2.05) is 71.3 Å². The summed E-state index contributed by atoms with van der Waals surface area (Å²) < 4.78 is 7.19. The van der Waals surface area contributed by atoms with E-state index < -0.39 is 11.1 Å². The van der Waals surface area contributed by atoms with E-state index in [0.29, 0.717) is 24.3 Å². The third-order valence-electron chi connectivity index (χ3n) is 6.64. The molecule has 0 spiro atoms. The number of nitriles is 1. The van der Waals surface area contributed by atoms with E-state index in [9.17, 15) is 14.9 Å². The van der Waals surface area contributed by atoms with Crippen LogP contribution in [-0.4, -0.2) is 45.4 Å². The molecule has 1 saturated heterocycles. The SMILES string of the molecule is CC(C)(C)OC(=O)N1CCC(c2cnn(C(C)(C)C(=O)Nc3ccc(C#N)c4ccccc34)c2)CC1. The van der Waals surface area contributed by atoms with E-state index in [1.165, 1.54) is 0 Å². The molecule has 3 aromatic rings. The first-order valence-corrected chi connectivity index (χ1v) is 12.3. The summed E-state index contributed by atoms with van der Waals surface area (Å²) in [5, 5.41) is 18.6. The number of rotatable bonds is 4. The average Bonchev–Trinajstić information content (AvgIpc) is 3.34. The van der Waals surface area contributed by atoms with Crippen LogP contribution in [0.5, 0.6) is 0 Å². The Balaban J connectivity index is 1.45. The van der Waals surface area contributed by atoms with Crippen LogP contribution in [0, 0.1) is 11.3 Å². The van der Waals surface area contributed by atoms with E-state index in [-0.39, 0.29) is 17.9 Å². The number of fused-ring (bicyclic) bond motifs is 1. The van der Waals surface area contributed by atoms with E-state index in [2.05, 4.69) is 16.5 Å². The Morgan fingerprint density at radius 1 is 1.06 bits per heavy atom. The molecule has 2 heterocycles. The second-order valence-electron chi connectivity index (χ2n) is 10.8. The molecular weight excluding hydrogens is 454 g/mol. The van der Waals surface area contributed by atoms with Crippen molar-refractivity contribution < 1.29 is 14.3 Å². The van der Waals surface area contributed by atoms with Crippen LogP contribution in [0.15, 0.2) is 48.8 Å². The zero-order valence-corrected chi connectivity index (χ0v) is 21.5. The molecular formula is C28H33N5O3. The molecule has 2 amide bonds. The topological polar surface area (TPSA) is 100 Å². The van der Waals surface area contributed by atoms with Gasteiger partial charge in [0.25, 0.3) is 5.91 Å². The number of hydrogen-bond donors (Lipinski definition) is 1. The Bertz CT molecular complexity index is 1320. The summed E-state index contributed by atoms with van der Waals surface area (Å²) in [6.45, 7) is 10.5. The van der Waals surface area contributed by atoms with Gasteiger partial charge in [-0.25, -0.2) is 4.79 Å². The number of nitrogens with one attached hydrogen (secondary N) is 1. The fourth-order valence-electron chi connectivity index (χ4n) is 4.46. The molecule has 188 valence electrons. The van der Waals surface area contributed by atoms with Gasteiger partial charge in [-0.15, -0.1) is 0 Å². The number of benzene rings is 2. The van der Waals surface area contributed by atoms with Crippen molar-refractivity contribution in [1.29, 1.82) is 5.26 Å². The molecule has 36 heavy (non-hydrogen) atoms. The highest BCUT2D eigenvalue weighted by molar-refractivity contribution is 6.05. The quantitative estimate of drug-likeness (QED) is 0.531. The van der Waals surface area contributed by atoms with Crippen LogP contribution in [0.1, 0.15) is 64.5 Å². The predicted octanol–water partition coefficient (Wildman–Crippen LogP) is 5.40. The molecule has 8 heteroatoms. The number of anilines is 1. The van der Waals surface area contributed by atoms with Crippen molar-refractivity contribution in [2.24, 2.45) is 0 Å². The van der Waals surface area contributed by atoms with Gasteiger partial charge in [-0.05, 0) is 71.1 Å². The van der Waals surface area contributed by atoms with Gasteiger partial charge in [-0.3, -0.25) is 9.48 Å². The molecule has 1 aromatic heterocycles. The molecule has 1 N–H and O–H groups in total. The lowest BCUT2D eigenvalue weighted by Crippen LogP contribution is -2.41. The first kappa shape index (κ1) is 25.2. The lowest BCUT2D eigenvalue weighted by atomic mass is 9.91. The van der Waals surface area contributed by atoms with Gasteiger partial charge in [0.15, 0.2) is 0 Å². The second-order valence-corrected chi connectivity index (χ2v) is 10.8. The van der Waals surface area contributed by atoms with Gasteiger partial charge in [0.2, 0.25) is 0 Å². The summed E-state index contributed by atoms with van der Waals surface area (Å²) in [5.41, 5.74) is 0.834. The first-order valence-electron chi connectivity index (χ1n) is 12.3. The molecule has 0 radical (unpaired) electrons. The van der Waals surface area contributed by atoms with E-state index in [1.54, 1.807) is 21.7 Å². The normalized spacial score (nSPS) is 14.9. The number of carbonyl (C=O) groups is 2. The molecule has 0 bridgehead atoms. The maximum atomic E-state index is 13.4. The molecule has 0 unspecified atom stereocenters. The Hall–Kier alpha value is -3.86. The third kappa shape index (κ3) is 5.20. The highest BCUT2D eigenvalue weighted by Gasteiger charge is 2.33. The lowest BCUT2D eigenvalue weighted by molar-refractivity contribution is -0.123. The fraction of sp³-hybridized carbons (Fsp3) is 0.429. The molecule has 1 aliphatic rings. The van der Waals surface area contributed by atoms with Crippen LogP contribution < -0.4 is 5.32 Å². The van der Waals surface area contributed by atoms with Gasteiger partial charge in [0, 0.05) is 35.7 Å². The van der Waals surface area contributed by atoms with Crippen molar-refractivity contribution in [3.8, 4) is 6.07 Å². The fourth-order valence-corrected chi connectivity index (χ4v) is 4.46. The minimum absolute atomic E-state index is 0.202. The second kappa shape index (κ2) is 9.65. The highest BCUT2D eigenvalue weighted by Crippen LogP contribution is 2.31. The Morgan fingerprint density at radius 3 is 2.36 bits per heavy atom. The summed E-state index contributed by atoms with van der Waals surface area (Å²) >= 11 is 0. The molecule has 8 nitrogen and oxygen atoms in total. The molecule has 0 saturated carbocycles. The van der Waals surface area contributed by atoms with Crippen LogP contribution in [0.25, 0.3) is 10.8 Å². The smallest absolute Gasteiger partial charge is 0.410 e. The van der Waals surface area contributed by atoms with Gasteiger partial charge >= 0.3 is 6.09 Å². The standard InChI is InChI=1S/C28H33N5O3/c1-27(2,3)36-26(35)32-14-12-19(13-15-32)21-17-30-33(18-21)28(4,5)25(34)31-24-11-10-20(16-29)22-8-6-7-9-23(22)24/h6-11,17-19H,12-15H2,1-5H3,(H,31,34). The van der Waals surface area contributed by atoms with Crippen molar-refractivity contribution >= 4 is 28.5 Å². The van der Waals surface area contributed by atoms with E-state index in [4.69, 9.17) is 4.74 Å². The van der Waals surface area contributed by atoms with E-state index >= 15 is 0 Å². The minimum atomic E-state index is -0.940. The van der Waals surface area contributed by atoms with Crippen LogP contribution in [0.3, 0.4) is 0 Å². The number of ether oxygens (including phenoxy) is 1. The molecule has 0 atom stereocenters. The highest BCUT2D eigenvalue weighted by atomic mass is 16.6. The zero-order valence-electron chi connectivity index (χ0n) is 21.5. The van der Waals surface area contributed by atoms with Gasteiger partial charge in [-0.2, -0.15) is 10.4 Å². The lowest BCUT2D eigenvalue weighted by Gasteiger charge is -2.33. The average molecular weight is 488 g/mol. The first-order chi connectivity index (χ1) is 17.0. The largest absolute Gasteiger partial charge is 0.444 e. The van der Waals surface area contributed by atoms with Gasteiger partial charge in [0.05, 0.1) is 17.8 Å². The summed E-state index contributed by atoms with van der Waals surface area (Å²) in [4.78, 5) is 27.5. The third-order valence-corrected chi connectivity index (χ3v) is 6.64. The summed E-state index contributed by atoms with van der Waals surface area (Å²) in [6.07, 6.45) is 5.11. The minimum Gasteiger partial charge on any atom is -0.444 e. The van der Waals surface area contributed by atoms with Crippen molar-refractivity contribution in [2.75, 3.05) is 18.4 Å². The number of nitrogens with zero attached hydrogens (tertiary/aromatic N) is 4. The monoisotopic (exact) mass is 487 g/mol. The van der Waals surface area contributed by atoms with Gasteiger partial charge in [-0.1, -0.05) is 24.3 Å². The number of piperidine rings is 1. The molecule has 0 aliphatic carbocycles. The van der Waals surface area contributed by atoms with Crippen LogP contribution in [0.4, 0.5) is 10.5 Å². The van der Waals surface area contributed by atoms with E-state index in [0.717, 1.165) is 29.2 Å². The summed E-state index contributed by atoms with van der Waals surface area (Å²) in [5.74, 6) is 0.0607. The van der Waals surface area contributed by atoms with Crippen LogP contribution >= 0.6 is 0 Å². The maximum absolute atomic E-state index is 13.4. The Kier molecular flexibility index (Phi) is 6.77. The number of carbonyl (C=O) groups excluding carboxylic acids is 2. The Labute approximate surface area is 211 Å². The molecule has 1 fully saturated rings. The summed E-state index contributed by atoms with van der Waals surface area (Å²) in [6, 6.07) is 13.2. The molecule has 1 aliphatic heterocycles. The maximum Gasteiger partial charge on any atom is 0.410 e. The molecule has 4 rings (SSSR count). The number of amides is 2. The van der Waals surface area contributed by atoms with Crippen molar-refractivity contribution in [2.45, 2.75) is 64.5 Å². The number of hydrogen-bond acceptors (Lipinski definition) is 5. The van der Waals surface area contributed by atoms with Gasteiger partial charge in [0.1, 0.15) is 11.1 Å².